The van der Waals surface area contributed by atoms with Crippen molar-refractivity contribution in [1.29, 1.82) is 5.26 Å². The number of amides is 1. The molecule has 3 aromatic heterocycles. The molecule has 6 aromatic rings. The quantitative estimate of drug-likeness (QED) is 0.254. The van der Waals surface area contributed by atoms with Gasteiger partial charge < -0.3 is 15.5 Å². The fourth-order valence-corrected chi connectivity index (χ4v) is 5.24. The van der Waals surface area contributed by atoms with Gasteiger partial charge in [0.2, 0.25) is 0 Å². The van der Waals surface area contributed by atoms with Crippen LogP contribution in [0, 0.1) is 25.2 Å². The molecule has 0 aliphatic rings. The number of halogens is 1. The molecule has 3 N–H and O–H groups in total. The third-order valence-corrected chi connectivity index (χ3v) is 7.13. The number of nitrogens with two attached hydrogens (primary N) is 1. The van der Waals surface area contributed by atoms with Crippen LogP contribution in [0.2, 0.25) is 5.02 Å². The smallest absolute Gasteiger partial charge is 0.251 e. The van der Waals surface area contributed by atoms with E-state index < -0.39 is 0 Å². The number of aryl methyl sites for hydroxylation is 2. The Morgan fingerprint density at radius 2 is 1.73 bits per heavy atom. The van der Waals surface area contributed by atoms with Crippen LogP contribution in [0.15, 0.2) is 65.1 Å². The van der Waals surface area contributed by atoms with Gasteiger partial charge in [0.1, 0.15) is 17.0 Å². The van der Waals surface area contributed by atoms with Crippen molar-refractivity contribution in [2.24, 2.45) is 0 Å². The fourth-order valence-electron chi connectivity index (χ4n) is 5.07. The number of nitrogens with one attached hydrogen (secondary N) is 1. The summed E-state index contributed by atoms with van der Waals surface area (Å²) in [5.41, 5.74) is 12.8. The van der Waals surface area contributed by atoms with Gasteiger partial charge in [0.05, 0.1) is 11.6 Å². The van der Waals surface area contributed by atoms with E-state index in [1.807, 2.05) is 56.3 Å². The number of anilines is 1. The maximum Gasteiger partial charge on any atom is 0.251 e. The number of carbonyl (C=O) groups is 1. The zero-order chi connectivity index (χ0) is 25.8. The van der Waals surface area contributed by atoms with Crippen molar-refractivity contribution in [1.82, 2.24) is 10.3 Å². The summed E-state index contributed by atoms with van der Waals surface area (Å²) in [6.07, 6.45) is 0. The number of benzene rings is 4. The first kappa shape index (κ1) is 22.8. The van der Waals surface area contributed by atoms with Crippen LogP contribution in [0.25, 0.3) is 43.8 Å². The molecule has 2 bridgehead atoms. The summed E-state index contributed by atoms with van der Waals surface area (Å²) in [6, 6.07) is 21.0. The van der Waals surface area contributed by atoms with Crippen molar-refractivity contribution in [3.63, 3.8) is 0 Å². The van der Waals surface area contributed by atoms with E-state index in [2.05, 4.69) is 16.4 Å². The molecule has 6 nitrogen and oxygen atoms in total. The van der Waals surface area contributed by atoms with Gasteiger partial charge >= 0.3 is 0 Å². The standard InChI is InChI=1S/C30H21ClN4O2/c1-15-9-27(33)35-16(2)26(15)14-34-30(36)18-4-7-23-25(12-18)29-24-11-17(3-6-22(24)28(23)37-29)21-8-5-20(31)10-19(21)13-32/h3-12H,14H2,1-2H3,(H2,33,35)(H,34,36). The minimum atomic E-state index is -0.180. The number of furan rings is 2. The largest absolute Gasteiger partial charge is 0.455 e. The highest BCUT2D eigenvalue weighted by atomic mass is 35.5. The van der Waals surface area contributed by atoms with E-state index in [1.165, 1.54) is 0 Å². The monoisotopic (exact) mass is 504 g/mol. The van der Waals surface area contributed by atoms with Gasteiger partial charge in [0.15, 0.2) is 0 Å². The molecule has 37 heavy (non-hydrogen) atoms. The molecule has 0 aliphatic carbocycles. The highest BCUT2D eigenvalue weighted by molar-refractivity contribution is 6.31. The molecule has 1 amide bonds. The van der Waals surface area contributed by atoms with Crippen LogP contribution >= 0.6 is 11.6 Å². The lowest BCUT2D eigenvalue weighted by Gasteiger charge is -2.11. The predicted molar refractivity (Wildman–Crippen MR) is 147 cm³/mol. The topological polar surface area (TPSA) is 105 Å². The highest BCUT2D eigenvalue weighted by Crippen LogP contribution is 2.42. The average Bonchev–Trinajstić information content (AvgIpc) is 3.44. The number of nitrogen functional groups attached to an aromatic ring is 1. The molecule has 7 heteroatoms. The van der Waals surface area contributed by atoms with Crippen LogP contribution in [0.3, 0.4) is 0 Å². The molecule has 180 valence electrons. The lowest BCUT2D eigenvalue weighted by molar-refractivity contribution is 0.0951. The van der Waals surface area contributed by atoms with Crippen molar-refractivity contribution in [2.75, 3.05) is 5.73 Å². The van der Waals surface area contributed by atoms with Crippen molar-refractivity contribution >= 4 is 56.0 Å². The van der Waals surface area contributed by atoms with E-state index in [-0.39, 0.29) is 5.91 Å². The molecule has 0 fully saturated rings. The Morgan fingerprint density at radius 1 is 1.00 bits per heavy atom. The first-order valence-corrected chi connectivity index (χ1v) is 12.1. The maximum absolute atomic E-state index is 13.0. The van der Waals surface area contributed by atoms with Crippen LogP contribution in [-0.2, 0) is 6.54 Å². The Morgan fingerprint density at radius 3 is 2.49 bits per heavy atom. The Labute approximate surface area is 217 Å². The lowest BCUT2D eigenvalue weighted by atomic mass is 9.95. The molecule has 0 unspecified atom stereocenters. The van der Waals surface area contributed by atoms with E-state index in [0.29, 0.717) is 28.5 Å². The number of carbonyl (C=O) groups excluding carboxylic acids is 1. The second-order valence-electron chi connectivity index (χ2n) is 9.19. The van der Waals surface area contributed by atoms with Gasteiger partial charge in [-0.25, -0.2) is 4.98 Å². The Hall–Kier alpha value is -4.60. The first-order chi connectivity index (χ1) is 17.8. The molecular weight excluding hydrogens is 484 g/mol. The molecule has 0 saturated heterocycles. The minimum Gasteiger partial charge on any atom is -0.455 e. The second kappa shape index (κ2) is 8.51. The zero-order valence-electron chi connectivity index (χ0n) is 20.1. The molecular formula is C30H21ClN4O2. The molecule has 0 aliphatic heterocycles. The van der Waals surface area contributed by atoms with Gasteiger partial charge in [0, 0.05) is 44.4 Å². The third kappa shape index (κ3) is 3.72. The van der Waals surface area contributed by atoms with Crippen molar-refractivity contribution in [2.45, 2.75) is 20.4 Å². The molecule has 3 aromatic carbocycles. The predicted octanol–water partition coefficient (Wildman–Crippen LogP) is 6.89. The molecule has 0 saturated carbocycles. The third-order valence-electron chi connectivity index (χ3n) is 6.90. The van der Waals surface area contributed by atoms with E-state index in [4.69, 9.17) is 21.8 Å². The van der Waals surface area contributed by atoms with Crippen molar-refractivity contribution in [3.05, 3.63) is 93.6 Å². The minimum absolute atomic E-state index is 0.180. The number of pyridine rings is 1. The first-order valence-electron chi connectivity index (χ1n) is 11.8. The number of nitrogens with zero attached hydrogens (tertiary/aromatic N) is 2. The van der Waals surface area contributed by atoms with Crippen molar-refractivity contribution < 1.29 is 9.21 Å². The lowest BCUT2D eigenvalue weighted by Crippen LogP contribution is -2.24. The molecule has 3 heterocycles. The van der Waals surface area contributed by atoms with Gasteiger partial charge in [0.25, 0.3) is 5.91 Å². The van der Waals surface area contributed by atoms with Gasteiger partial charge in [-0.1, -0.05) is 23.7 Å². The number of rotatable bonds is 4. The summed E-state index contributed by atoms with van der Waals surface area (Å²) in [5, 5.41) is 16.9. The van der Waals surface area contributed by atoms with E-state index >= 15 is 0 Å². The summed E-state index contributed by atoms with van der Waals surface area (Å²) in [5.74, 6) is 0.289. The van der Waals surface area contributed by atoms with Crippen LogP contribution in [0.1, 0.15) is 32.7 Å². The molecule has 6 rings (SSSR count). The summed E-state index contributed by atoms with van der Waals surface area (Å²) >= 11 is 6.08. The Balaban J connectivity index is 1.37. The molecule has 0 atom stereocenters. The Bertz CT molecular complexity index is 1890. The summed E-state index contributed by atoms with van der Waals surface area (Å²) < 4.78 is 6.18. The van der Waals surface area contributed by atoms with Gasteiger partial charge in [-0.3, -0.25) is 4.79 Å². The highest BCUT2D eigenvalue weighted by Gasteiger charge is 2.20. The number of nitriles is 1. The van der Waals surface area contributed by atoms with E-state index in [0.717, 1.165) is 60.7 Å². The number of hydrogen-bond acceptors (Lipinski definition) is 5. The van der Waals surface area contributed by atoms with E-state index in [9.17, 15) is 10.1 Å². The SMILES string of the molecule is Cc1cc(N)nc(C)c1CNC(=O)c1ccc2c(c1)c1oc2c2ccc(-c3ccc(Cl)cc3C#N)cc21. The number of fused-ring (bicyclic) bond motifs is 8. The Kier molecular flexibility index (Phi) is 5.25. The summed E-state index contributed by atoms with van der Waals surface area (Å²) in [4.78, 5) is 17.3. The van der Waals surface area contributed by atoms with Crippen LogP contribution < -0.4 is 11.1 Å². The van der Waals surface area contributed by atoms with Crippen molar-refractivity contribution in [3.8, 4) is 17.2 Å². The van der Waals surface area contributed by atoms with Gasteiger partial charge in [-0.2, -0.15) is 5.26 Å². The van der Waals surface area contributed by atoms with Crippen LogP contribution in [0.5, 0.6) is 0 Å². The van der Waals surface area contributed by atoms with Gasteiger partial charge in [-0.05, 0) is 84.6 Å². The number of aromatic nitrogens is 1. The number of hydrogen-bond donors (Lipinski definition) is 2. The zero-order valence-corrected chi connectivity index (χ0v) is 20.9. The fraction of sp³-hybridized carbons (Fsp3) is 0.100. The normalized spacial score (nSPS) is 11.4. The van der Waals surface area contributed by atoms with Gasteiger partial charge in [-0.15, -0.1) is 0 Å². The van der Waals surface area contributed by atoms with Crippen LogP contribution in [0.4, 0.5) is 5.82 Å². The molecule has 0 radical (unpaired) electrons. The van der Waals surface area contributed by atoms with Crippen LogP contribution in [-0.4, -0.2) is 10.9 Å². The second-order valence-corrected chi connectivity index (χ2v) is 9.63. The average molecular weight is 505 g/mol. The van der Waals surface area contributed by atoms with E-state index in [1.54, 1.807) is 18.2 Å². The maximum atomic E-state index is 13.0. The summed E-state index contributed by atoms with van der Waals surface area (Å²) in [6.45, 7) is 4.20. The summed E-state index contributed by atoms with van der Waals surface area (Å²) in [7, 11) is 0. The molecule has 0 spiro atoms.